The van der Waals surface area contributed by atoms with E-state index in [1.54, 1.807) is 0 Å². The quantitative estimate of drug-likeness (QED) is 0.438. The van der Waals surface area contributed by atoms with E-state index in [4.69, 9.17) is 9.40 Å². The number of hydrogen-bond acceptors (Lipinski definition) is 4. The van der Waals surface area contributed by atoms with Crippen molar-refractivity contribution in [3.05, 3.63) is 84.0 Å². The molecule has 0 N–H and O–H groups in total. The number of aromatic nitrogens is 2. The second-order valence-corrected chi connectivity index (χ2v) is 7.79. The molecule has 1 atom stereocenters. The first-order chi connectivity index (χ1) is 14.3. The van der Waals surface area contributed by atoms with Crippen molar-refractivity contribution >= 4 is 10.8 Å². The van der Waals surface area contributed by atoms with Gasteiger partial charge in [-0.3, -0.25) is 9.88 Å². The highest BCUT2D eigenvalue weighted by molar-refractivity contribution is 5.94. The minimum Gasteiger partial charge on any atom is -0.441 e. The summed E-state index contributed by atoms with van der Waals surface area (Å²) in [5, 5.41) is 2.38. The highest BCUT2D eigenvalue weighted by Gasteiger charge is 2.26. The van der Waals surface area contributed by atoms with E-state index in [9.17, 15) is 0 Å². The topological polar surface area (TPSA) is 42.2 Å². The van der Waals surface area contributed by atoms with Gasteiger partial charge in [0.15, 0.2) is 0 Å². The molecule has 0 saturated carbocycles. The van der Waals surface area contributed by atoms with Crippen LogP contribution in [0.3, 0.4) is 0 Å². The minimum absolute atomic E-state index is 0.349. The van der Waals surface area contributed by atoms with Crippen molar-refractivity contribution in [1.82, 2.24) is 14.9 Å². The van der Waals surface area contributed by atoms with Gasteiger partial charge in [-0.25, -0.2) is 4.98 Å². The number of piperidine rings is 1. The molecule has 4 heteroatoms. The predicted molar refractivity (Wildman–Crippen MR) is 115 cm³/mol. The lowest BCUT2D eigenvalue weighted by atomic mass is 9.98. The van der Waals surface area contributed by atoms with Crippen LogP contribution in [0, 0.1) is 6.92 Å². The van der Waals surface area contributed by atoms with E-state index in [1.807, 2.05) is 19.2 Å². The molecule has 0 bridgehead atoms. The van der Waals surface area contributed by atoms with E-state index in [-0.39, 0.29) is 0 Å². The molecule has 1 aliphatic rings. The van der Waals surface area contributed by atoms with Crippen LogP contribution in [0.1, 0.15) is 42.5 Å². The molecule has 2 aromatic carbocycles. The Kier molecular flexibility index (Phi) is 4.86. The van der Waals surface area contributed by atoms with Crippen molar-refractivity contribution in [3.8, 4) is 11.5 Å². The summed E-state index contributed by atoms with van der Waals surface area (Å²) < 4.78 is 6.14. The second-order valence-electron chi connectivity index (χ2n) is 7.79. The summed E-state index contributed by atoms with van der Waals surface area (Å²) in [4.78, 5) is 12.0. The molecule has 146 valence electrons. The van der Waals surface area contributed by atoms with Gasteiger partial charge >= 0.3 is 0 Å². The lowest BCUT2D eigenvalue weighted by Gasteiger charge is -2.34. The highest BCUT2D eigenvalue weighted by atomic mass is 16.4. The van der Waals surface area contributed by atoms with Gasteiger partial charge in [0.1, 0.15) is 5.76 Å². The van der Waals surface area contributed by atoms with Crippen molar-refractivity contribution in [2.24, 2.45) is 0 Å². The number of fused-ring (bicyclic) bond motifs is 1. The van der Waals surface area contributed by atoms with E-state index in [0.29, 0.717) is 11.9 Å². The molecule has 0 unspecified atom stereocenters. The van der Waals surface area contributed by atoms with E-state index in [1.165, 1.54) is 23.6 Å². The summed E-state index contributed by atoms with van der Waals surface area (Å²) in [6.45, 7) is 3.88. The van der Waals surface area contributed by atoms with Crippen LogP contribution in [0.15, 0.2) is 71.3 Å². The average molecular weight is 383 g/mol. The summed E-state index contributed by atoms with van der Waals surface area (Å²) in [5.41, 5.74) is 3.23. The van der Waals surface area contributed by atoms with Crippen LogP contribution in [-0.4, -0.2) is 21.4 Å². The van der Waals surface area contributed by atoms with Crippen LogP contribution in [0.4, 0.5) is 0 Å². The number of hydrogen-bond donors (Lipinski definition) is 0. The van der Waals surface area contributed by atoms with Crippen LogP contribution >= 0.6 is 0 Å². The van der Waals surface area contributed by atoms with E-state index in [0.717, 1.165) is 42.2 Å². The Balaban J connectivity index is 1.46. The Bertz CT molecular complexity index is 1110. The summed E-state index contributed by atoms with van der Waals surface area (Å²) in [6, 6.07) is 21.2. The smallest absolute Gasteiger partial charge is 0.227 e. The third-order valence-corrected chi connectivity index (χ3v) is 5.91. The number of likely N-dealkylation sites (tertiary alicyclic amines) is 1. The van der Waals surface area contributed by atoms with Gasteiger partial charge in [0.2, 0.25) is 5.89 Å². The van der Waals surface area contributed by atoms with Gasteiger partial charge in [-0.2, -0.15) is 0 Å². The predicted octanol–water partition coefficient (Wildman–Crippen LogP) is 5.93. The molecule has 29 heavy (non-hydrogen) atoms. The molecule has 4 aromatic rings. The van der Waals surface area contributed by atoms with Gasteiger partial charge in [0, 0.05) is 18.3 Å². The number of rotatable bonds is 4. The second kappa shape index (κ2) is 7.80. The molecule has 1 saturated heterocycles. The van der Waals surface area contributed by atoms with Gasteiger partial charge in [-0.15, -0.1) is 0 Å². The largest absolute Gasteiger partial charge is 0.441 e. The SMILES string of the molecule is Cc1oc(-c2cccc3ccccc23)nc1CN1CCCC[C@H]1c1ccccn1. The Morgan fingerprint density at radius 3 is 2.76 bits per heavy atom. The van der Waals surface area contributed by atoms with Crippen LogP contribution in [-0.2, 0) is 6.54 Å². The van der Waals surface area contributed by atoms with Crippen LogP contribution < -0.4 is 0 Å². The minimum atomic E-state index is 0.349. The van der Waals surface area contributed by atoms with E-state index < -0.39 is 0 Å². The molecule has 1 aliphatic heterocycles. The standard InChI is InChI=1S/C25H25N3O/c1-18-23(17-28-16-7-5-14-24(28)22-13-4-6-15-26-22)27-25(29-18)21-12-8-10-19-9-2-3-11-20(19)21/h2-4,6,8-13,15,24H,5,7,14,16-17H2,1H3/t24-/m0/s1. The molecule has 4 nitrogen and oxygen atoms in total. The maximum atomic E-state index is 6.14. The normalized spacial score (nSPS) is 17.6. The summed E-state index contributed by atoms with van der Waals surface area (Å²) >= 11 is 0. The fourth-order valence-corrected chi connectivity index (χ4v) is 4.38. The summed E-state index contributed by atoms with van der Waals surface area (Å²) in [5.74, 6) is 1.61. The lowest BCUT2D eigenvalue weighted by molar-refractivity contribution is 0.135. The molecule has 0 spiro atoms. The monoisotopic (exact) mass is 383 g/mol. The molecular formula is C25H25N3O. The van der Waals surface area contributed by atoms with Crippen molar-refractivity contribution in [1.29, 1.82) is 0 Å². The zero-order valence-electron chi connectivity index (χ0n) is 16.7. The zero-order chi connectivity index (χ0) is 19.6. The number of nitrogens with zero attached hydrogens (tertiary/aromatic N) is 3. The molecule has 1 fully saturated rings. The van der Waals surface area contributed by atoms with Crippen LogP contribution in [0.25, 0.3) is 22.2 Å². The van der Waals surface area contributed by atoms with E-state index >= 15 is 0 Å². The van der Waals surface area contributed by atoms with Gasteiger partial charge < -0.3 is 4.42 Å². The van der Waals surface area contributed by atoms with Crippen molar-refractivity contribution in [2.45, 2.75) is 38.8 Å². The first kappa shape index (κ1) is 18.1. The van der Waals surface area contributed by atoms with Crippen molar-refractivity contribution < 1.29 is 4.42 Å². The number of oxazole rings is 1. The number of pyridine rings is 1. The molecule has 0 aliphatic carbocycles. The van der Waals surface area contributed by atoms with Gasteiger partial charge in [-0.1, -0.05) is 48.9 Å². The van der Waals surface area contributed by atoms with Gasteiger partial charge in [-0.05, 0) is 55.3 Å². The first-order valence-corrected chi connectivity index (χ1v) is 10.4. The fourth-order valence-electron chi connectivity index (χ4n) is 4.38. The van der Waals surface area contributed by atoms with Crippen LogP contribution in [0.2, 0.25) is 0 Å². The molecule has 0 amide bonds. The molecule has 5 rings (SSSR count). The summed E-state index contributed by atoms with van der Waals surface area (Å²) in [6.07, 6.45) is 5.50. The Morgan fingerprint density at radius 2 is 1.86 bits per heavy atom. The maximum Gasteiger partial charge on any atom is 0.227 e. The van der Waals surface area contributed by atoms with Gasteiger partial charge in [0.05, 0.1) is 17.4 Å². The lowest BCUT2D eigenvalue weighted by Crippen LogP contribution is -2.33. The average Bonchev–Trinajstić information content (AvgIpc) is 3.14. The fraction of sp³-hybridized carbons (Fsp3) is 0.280. The molecule has 0 radical (unpaired) electrons. The van der Waals surface area contributed by atoms with E-state index in [2.05, 4.69) is 64.5 Å². The molecular weight excluding hydrogens is 358 g/mol. The third kappa shape index (κ3) is 3.56. The Labute approximate surface area is 171 Å². The number of benzene rings is 2. The maximum absolute atomic E-state index is 6.14. The zero-order valence-corrected chi connectivity index (χ0v) is 16.7. The Hall–Kier alpha value is -2.98. The number of aryl methyl sites for hydroxylation is 1. The molecule has 3 heterocycles. The van der Waals surface area contributed by atoms with Crippen LogP contribution in [0.5, 0.6) is 0 Å². The third-order valence-electron chi connectivity index (χ3n) is 5.91. The van der Waals surface area contributed by atoms with Gasteiger partial charge in [0.25, 0.3) is 0 Å². The summed E-state index contributed by atoms with van der Waals surface area (Å²) in [7, 11) is 0. The molecule has 2 aromatic heterocycles. The Morgan fingerprint density at radius 1 is 1.00 bits per heavy atom. The van der Waals surface area contributed by atoms with Crippen molar-refractivity contribution in [3.63, 3.8) is 0 Å². The van der Waals surface area contributed by atoms with Crippen molar-refractivity contribution in [2.75, 3.05) is 6.54 Å². The highest BCUT2D eigenvalue weighted by Crippen LogP contribution is 2.33. The first-order valence-electron chi connectivity index (χ1n) is 10.4.